The molecule has 1 aliphatic carbocycles. The van der Waals surface area contributed by atoms with Gasteiger partial charge in [0.25, 0.3) is 0 Å². The van der Waals surface area contributed by atoms with Gasteiger partial charge in [-0.2, -0.15) is 0 Å². The molecule has 98 valence electrons. The zero-order valence-electron chi connectivity index (χ0n) is 10.3. The van der Waals surface area contributed by atoms with E-state index in [-0.39, 0.29) is 12.1 Å². The predicted molar refractivity (Wildman–Crippen MR) is 76.1 cm³/mol. The molecule has 4 heteroatoms. The summed E-state index contributed by atoms with van der Waals surface area (Å²) in [6.07, 6.45) is 4.84. The highest BCUT2D eigenvalue weighted by Gasteiger charge is 2.40. The SMILES string of the molecule is NC1CCCN(C2CC2)C1c1cccc(Cl)c1Cl. The minimum Gasteiger partial charge on any atom is -0.326 e. The monoisotopic (exact) mass is 284 g/mol. The molecule has 2 N–H and O–H groups in total. The number of likely N-dealkylation sites (tertiary alicyclic amines) is 1. The van der Waals surface area contributed by atoms with Crippen LogP contribution in [0, 0.1) is 0 Å². The van der Waals surface area contributed by atoms with Gasteiger partial charge in [0.05, 0.1) is 16.1 Å². The van der Waals surface area contributed by atoms with E-state index in [1.807, 2.05) is 12.1 Å². The first kappa shape index (κ1) is 12.7. The summed E-state index contributed by atoms with van der Waals surface area (Å²) < 4.78 is 0. The summed E-state index contributed by atoms with van der Waals surface area (Å²) in [5.74, 6) is 0. The van der Waals surface area contributed by atoms with E-state index in [0.717, 1.165) is 18.5 Å². The van der Waals surface area contributed by atoms with E-state index in [4.69, 9.17) is 28.9 Å². The van der Waals surface area contributed by atoms with E-state index in [1.54, 1.807) is 0 Å². The minimum absolute atomic E-state index is 0.162. The Kier molecular flexibility index (Phi) is 3.55. The second-order valence-corrected chi connectivity index (χ2v) is 6.15. The number of benzene rings is 1. The van der Waals surface area contributed by atoms with Crippen LogP contribution in [0.3, 0.4) is 0 Å². The van der Waals surface area contributed by atoms with Crippen molar-refractivity contribution in [2.24, 2.45) is 5.73 Å². The number of hydrogen-bond acceptors (Lipinski definition) is 2. The quantitative estimate of drug-likeness (QED) is 0.899. The van der Waals surface area contributed by atoms with Gasteiger partial charge in [0, 0.05) is 12.1 Å². The lowest BCUT2D eigenvalue weighted by atomic mass is 9.90. The summed E-state index contributed by atoms with van der Waals surface area (Å²) in [5, 5.41) is 1.30. The van der Waals surface area contributed by atoms with E-state index in [2.05, 4.69) is 11.0 Å². The van der Waals surface area contributed by atoms with Gasteiger partial charge in [0.1, 0.15) is 0 Å². The summed E-state index contributed by atoms with van der Waals surface area (Å²) in [4.78, 5) is 2.53. The molecule has 1 aromatic rings. The zero-order valence-corrected chi connectivity index (χ0v) is 11.8. The van der Waals surface area contributed by atoms with Gasteiger partial charge in [-0.05, 0) is 43.9 Å². The molecule has 0 radical (unpaired) electrons. The molecule has 0 amide bonds. The van der Waals surface area contributed by atoms with Crippen molar-refractivity contribution >= 4 is 23.2 Å². The molecular weight excluding hydrogens is 267 g/mol. The van der Waals surface area contributed by atoms with Gasteiger partial charge in [0.15, 0.2) is 0 Å². The molecule has 1 heterocycles. The van der Waals surface area contributed by atoms with Crippen LogP contribution in [-0.4, -0.2) is 23.5 Å². The second-order valence-electron chi connectivity index (χ2n) is 5.36. The van der Waals surface area contributed by atoms with E-state index in [9.17, 15) is 0 Å². The molecule has 2 fully saturated rings. The number of piperidine rings is 1. The number of hydrogen-bond donors (Lipinski definition) is 1. The van der Waals surface area contributed by atoms with Crippen molar-refractivity contribution in [2.75, 3.05) is 6.54 Å². The topological polar surface area (TPSA) is 29.3 Å². The van der Waals surface area contributed by atoms with Crippen molar-refractivity contribution in [3.05, 3.63) is 33.8 Å². The van der Waals surface area contributed by atoms with Gasteiger partial charge in [-0.1, -0.05) is 35.3 Å². The van der Waals surface area contributed by atoms with Crippen LogP contribution in [0.1, 0.15) is 37.3 Å². The van der Waals surface area contributed by atoms with Gasteiger partial charge in [0.2, 0.25) is 0 Å². The average Bonchev–Trinajstić information content (AvgIpc) is 3.17. The fourth-order valence-corrected chi connectivity index (χ4v) is 3.45. The highest BCUT2D eigenvalue weighted by Crippen LogP contribution is 2.42. The standard InChI is InChI=1S/C14H18Cl2N2/c15-11-4-1-3-10(13(11)16)14-12(17)5-2-8-18(14)9-6-7-9/h1,3-4,9,12,14H,2,5-8,17H2. The first-order valence-electron chi connectivity index (χ1n) is 6.63. The predicted octanol–water partition coefficient (Wildman–Crippen LogP) is 3.62. The summed E-state index contributed by atoms with van der Waals surface area (Å²) in [6, 6.07) is 6.97. The molecule has 1 aromatic carbocycles. The molecule has 2 unspecified atom stereocenters. The summed E-state index contributed by atoms with van der Waals surface area (Å²) in [5.41, 5.74) is 7.44. The first-order chi connectivity index (χ1) is 8.68. The second kappa shape index (κ2) is 5.01. The van der Waals surface area contributed by atoms with Crippen molar-refractivity contribution in [3.8, 4) is 0 Å². The highest BCUT2D eigenvalue weighted by atomic mass is 35.5. The molecule has 3 rings (SSSR count). The number of halogens is 2. The van der Waals surface area contributed by atoms with Crippen LogP contribution >= 0.6 is 23.2 Å². The molecule has 1 saturated carbocycles. The molecule has 2 atom stereocenters. The van der Waals surface area contributed by atoms with Crippen molar-refractivity contribution < 1.29 is 0 Å². The molecule has 1 aliphatic heterocycles. The molecule has 18 heavy (non-hydrogen) atoms. The molecule has 2 aliphatic rings. The van der Waals surface area contributed by atoms with E-state index >= 15 is 0 Å². The molecular formula is C14H18Cl2N2. The van der Waals surface area contributed by atoms with E-state index in [1.165, 1.54) is 19.3 Å². The van der Waals surface area contributed by atoms with Crippen molar-refractivity contribution in [2.45, 2.75) is 43.8 Å². The van der Waals surface area contributed by atoms with E-state index in [0.29, 0.717) is 16.1 Å². The maximum atomic E-state index is 6.37. The minimum atomic E-state index is 0.162. The van der Waals surface area contributed by atoms with Gasteiger partial charge in [-0.3, -0.25) is 4.90 Å². The molecule has 0 aromatic heterocycles. The van der Waals surface area contributed by atoms with Crippen molar-refractivity contribution in [3.63, 3.8) is 0 Å². The molecule has 2 nitrogen and oxygen atoms in total. The number of nitrogens with two attached hydrogens (primary N) is 1. The third-order valence-corrected chi connectivity index (χ3v) is 4.87. The number of rotatable bonds is 2. The smallest absolute Gasteiger partial charge is 0.0640 e. The third-order valence-electron chi connectivity index (χ3n) is 4.03. The van der Waals surface area contributed by atoms with Crippen LogP contribution in [-0.2, 0) is 0 Å². The van der Waals surface area contributed by atoms with Crippen molar-refractivity contribution in [1.29, 1.82) is 0 Å². The van der Waals surface area contributed by atoms with Crippen LogP contribution < -0.4 is 5.73 Å². The van der Waals surface area contributed by atoms with Gasteiger partial charge in [-0.25, -0.2) is 0 Å². The largest absolute Gasteiger partial charge is 0.326 e. The fraction of sp³-hybridized carbons (Fsp3) is 0.571. The van der Waals surface area contributed by atoms with Crippen molar-refractivity contribution in [1.82, 2.24) is 4.90 Å². The van der Waals surface area contributed by atoms with Gasteiger partial charge in [-0.15, -0.1) is 0 Å². The molecule has 0 bridgehead atoms. The number of nitrogens with zero attached hydrogens (tertiary/aromatic N) is 1. The van der Waals surface area contributed by atoms with Crippen LogP contribution in [0.5, 0.6) is 0 Å². The van der Waals surface area contributed by atoms with Crippen LogP contribution in [0.4, 0.5) is 0 Å². The third kappa shape index (κ3) is 2.27. The van der Waals surface area contributed by atoms with Crippen LogP contribution in [0.15, 0.2) is 18.2 Å². The Hall–Kier alpha value is -0.280. The Balaban J connectivity index is 1.97. The van der Waals surface area contributed by atoms with Gasteiger partial charge >= 0.3 is 0 Å². The van der Waals surface area contributed by atoms with Gasteiger partial charge < -0.3 is 5.73 Å². The Labute approximate surface area is 118 Å². The maximum absolute atomic E-state index is 6.37. The van der Waals surface area contributed by atoms with E-state index < -0.39 is 0 Å². The Morgan fingerprint density at radius 1 is 1.17 bits per heavy atom. The molecule has 1 saturated heterocycles. The summed E-state index contributed by atoms with van der Waals surface area (Å²) >= 11 is 12.5. The fourth-order valence-electron chi connectivity index (χ4n) is 3.03. The lowest BCUT2D eigenvalue weighted by Gasteiger charge is -2.40. The van der Waals surface area contributed by atoms with Crippen LogP contribution in [0.2, 0.25) is 10.0 Å². The Morgan fingerprint density at radius 3 is 2.67 bits per heavy atom. The lowest BCUT2D eigenvalue weighted by Crippen LogP contribution is -2.46. The highest BCUT2D eigenvalue weighted by molar-refractivity contribution is 6.42. The summed E-state index contributed by atoms with van der Waals surface area (Å²) in [7, 11) is 0. The summed E-state index contributed by atoms with van der Waals surface area (Å²) in [6.45, 7) is 1.13. The maximum Gasteiger partial charge on any atom is 0.0640 e. The Morgan fingerprint density at radius 2 is 1.94 bits per heavy atom. The first-order valence-corrected chi connectivity index (χ1v) is 7.39. The normalized spacial score (nSPS) is 29.5. The Bertz CT molecular complexity index is 445. The lowest BCUT2D eigenvalue weighted by molar-refractivity contribution is 0.120. The molecule has 0 spiro atoms. The zero-order chi connectivity index (χ0) is 12.7. The van der Waals surface area contributed by atoms with Crippen LogP contribution in [0.25, 0.3) is 0 Å². The average molecular weight is 285 g/mol.